The number of nitrogens with zero attached hydrogens (tertiary/aromatic N) is 1. The van der Waals surface area contributed by atoms with Gasteiger partial charge in [0.1, 0.15) is 12.4 Å². The van der Waals surface area contributed by atoms with Gasteiger partial charge in [-0.2, -0.15) is 0 Å². The number of ether oxygens (including phenoxy) is 2. The predicted octanol–water partition coefficient (Wildman–Crippen LogP) is 0.554. The van der Waals surface area contributed by atoms with Gasteiger partial charge in [-0.05, 0) is 17.7 Å². The summed E-state index contributed by atoms with van der Waals surface area (Å²) in [6, 6.07) is 7.40. The highest BCUT2D eigenvalue weighted by Gasteiger charge is 2.21. The summed E-state index contributed by atoms with van der Waals surface area (Å²) >= 11 is 0. The molecule has 1 aromatic rings. The van der Waals surface area contributed by atoms with Gasteiger partial charge >= 0.3 is 0 Å². The average Bonchev–Trinajstić information content (AvgIpc) is 2.41. The minimum atomic E-state index is -0.206. The fourth-order valence-electron chi connectivity index (χ4n) is 1.96. The largest absolute Gasteiger partial charge is 0.497 e. The molecule has 0 aliphatic carbocycles. The molecule has 1 atom stereocenters. The second-order valence-electron chi connectivity index (χ2n) is 4.28. The van der Waals surface area contributed by atoms with E-state index in [1.165, 1.54) is 0 Å². The highest BCUT2D eigenvalue weighted by molar-refractivity contribution is 5.78. The van der Waals surface area contributed by atoms with Gasteiger partial charge in [0.05, 0.1) is 13.7 Å². The second kappa shape index (κ2) is 5.84. The third-order valence-corrected chi connectivity index (χ3v) is 3.02. The highest BCUT2D eigenvalue weighted by atomic mass is 16.5. The smallest absolute Gasteiger partial charge is 0.248 e. The quantitative estimate of drug-likeness (QED) is 0.847. The number of amides is 1. The molecule has 1 amide bonds. The summed E-state index contributed by atoms with van der Waals surface area (Å²) in [6.07, 6.45) is 0. The van der Waals surface area contributed by atoms with E-state index in [2.05, 4.69) is 0 Å². The number of nitrogens with two attached hydrogens (primary N) is 1. The predicted molar refractivity (Wildman–Crippen MR) is 67.3 cm³/mol. The Morgan fingerprint density at radius 1 is 1.56 bits per heavy atom. The Labute approximate surface area is 106 Å². The van der Waals surface area contributed by atoms with Gasteiger partial charge in [0, 0.05) is 19.1 Å². The molecule has 0 saturated carbocycles. The molecule has 5 heteroatoms. The molecule has 0 bridgehead atoms. The van der Waals surface area contributed by atoms with Crippen molar-refractivity contribution in [1.29, 1.82) is 0 Å². The maximum absolute atomic E-state index is 11.6. The van der Waals surface area contributed by atoms with Crippen LogP contribution >= 0.6 is 0 Å². The molecule has 5 nitrogen and oxygen atoms in total. The van der Waals surface area contributed by atoms with Crippen LogP contribution in [0.25, 0.3) is 0 Å². The van der Waals surface area contributed by atoms with E-state index in [1.807, 2.05) is 24.3 Å². The molecule has 1 unspecified atom stereocenters. The topological polar surface area (TPSA) is 64.8 Å². The van der Waals surface area contributed by atoms with Gasteiger partial charge in [-0.1, -0.05) is 12.1 Å². The van der Waals surface area contributed by atoms with Crippen molar-refractivity contribution in [2.24, 2.45) is 5.73 Å². The van der Waals surface area contributed by atoms with Crippen molar-refractivity contribution in [3.8, 4) is 5.75 Å². The van der Waals surface area contributed by atoms with Gasteiger partial charge in [0.25, 0.3) is 0 Å². The highest BCUT2D eigenvalue weighted by Crippen LogP contribution is 2.18. The first-order valence-electron chi connectivity index (χ1n) is 5.96. The summed E-state index contributed by atoms with van der Waals surface area (Å²) in [4.78, 5) is 13.3. The number of hydrogen-bond acceptors (Lipinski definition) is 4. The van der Waals surface area contributed by atoms with Gasteiger partial charge in [0.2, 0.25) is 5.91 Å². The summed E-state index contributed by atoms with van der Waals surface area (Å²) in [5.41, 5.74) is 7.09. The van der Waals surface area contributed by atoms with E-state index in [9.17, 15) is 4.79 Å². The fraction of sp³-hybridized carbons (Fsp3) is 0.462. The molecule has 98 valence electrons. The molecule has 2 rings (SSSR count). The number of carbonyl (C=O) groups is 1. The maximum atomic E-state index is 11.6. The Kier molecular flexibility index (Phi) is 4.17. The lowest BCUT2D eigenvalue weighted by Gasteiger charge is -2.29. The number of methoxy groups -OCH3 is 1. The summed E-state index contributed by atoms with van der Waals surface area (Å²) in [5, 5.41) is 0. The Bertz CT molecular complexity index is 422. The molecule has 1 saturated heterocycles. The van der Waals surface area contributed by atoms with Crippen molar-refractivity contribution in [2.75, 3.05) is 33.4 Å². The van der Waals surface area contributed by atoms with Crippen LogP contribution in [0.1, 0.15) is 11.6 Å². The maximum Gasteiger partial charge on any atom is 0.248 e. The molecular weight excluding hydrogens is 232 g/mol. The molecule has 1 aliphatic heterocycles. The molecule has 1 fully saturated rings. The number of morpholine rings is 1. The zero-order valence-corrected chi connectivity index (χ0v) is 10.5. The summed E-state index contributed by atoms with van der Waals surface area (Å²) in [5.74, 6) is 0.774. The van der Waals surface area contributed by atoms with Crippen LogP contribution in [0.2, 0.25) is 0 Å². The Morgan fingerprint density at radius 2 is 2.39 bits per heavy atom. The third kappa shape index (κ3) is 3.00. The lowest BCUT2D eigenvalue weighted by molar-refractivity contribution is -0.142. The molecule has 1 heterocycles. The molecule has 1 aliphatic rings. The Balaban J connectivity index is 2.01. The Hall–Kier alpha value is -1.59. The Morgan fingerprint density at radius 3 is 3.11 bits per heavy atom. The standard InChI is InChI=1S/C13H18N2O3/c1-17-11-4-2-3-10(7-11)12(14)8-15-5-6-18-9-13(15)16/h2-4,7,12H,5-6,8-9,14H2,1H3. The van der Waals surface area contributed by atoms with Crippen molar-refractivity contribution >= 4 is 5.91 Å². The van der Waals surface area contributed by atoms with Gasteiger partial charge < -0.3 is 20.1 Å². The van der Waals surface area contributed by atoms with Crippen LogP contribution in [0.4, 0.5) is 0 Å². The van der Waals surface area contributed by atoms with E-state index in [0.29, 0.717) is 19.7 Å². The monoisotopic (exact) mass is 250 g/mol. The van der Waals surface area contributed by atoms with E-state index < -0.39 is 0 Å². The van der Waals surface area contributed by atoms with Gasteiger partial charge in [-0.3, -0.25) is 4.79 Å². The molecule has 2 N–H and O–H groups in total. The summed E-state index contributed by atoms with van der Waals surface area (Å²) < 4.78 is 10.2. The van der Waals surface area contributed by atoms with E-state index in [0.717, 1.165) is 11.3 Å². The SMILES string of the molecule is COc1cccc(C(N)CN2CCOCC2=O)c1. The van der Waals surface area contributed by atoms with Crippen molar-refractivity contribution in [2.45, 2.75) is 6.04 Å². The third-order valence-electron chi connectivity index (χ3n) is 3.02. The molecule has 1 aromatic carbocycles. The van der Waals surface area contributed by atoms with E-state index in [-0.39, 0.29) is 18.6 Å². The lowest BCUT2D eigenvalue weighted by Crippen LogP contribution is -2.44. The van der Waals surface area contributed by atoms with E-state index in [1.54, 1.807) is 12.0 Å². The molecule has 0 spiro atoms. The molecule has 18 heavy (non-hydrogen) atoms. The lowest BCUT2D eigenvalue weighted by atomic mass is 10.1. The van der Waals surface area contributed by atoms with Crippen LogP contribution in [-0.4, -0.2) is 44.2 Å². The molecular formula is C13H18N2O3. The summed E-state index contributed by atoms with van der Waals surface area (Å²) in [7, 11) is 1.62. The first kappa shape index (κ1) is 12.9. The molecule has 0 radical (unpaired) electrons. The normalized spacial score (nSPS) is 17.7. The van der Waals surface area contributed by atoms with E-state index >= 15 is 0 Å². The average molecular weight is 250 g/mol. The van der Waals surface area contributed by atoms with Crippen LogP contribution in [0, 0.1) is 0 Å². The zero-order chi connectivity index (χ0) is 13.0. The van der Waals surface area contributed by atoms with Crippen molar-refractivity contribution in [1.82, 2.24) is 4.90 Å². The number of benzene rings is 1. The van der Waals surface area contributed by atoms with Gasteiger partial charge in [-0.15, -0.1) is 0 Å². The van der Waals surface area contributed by atoms with Crippen LogP contribution in [-0.2, 0) is 9.53 Å². The minimum absolute atomic E-state index is 0.000374. The van der Waals surface area contributed by atoms with Crippen molar-refractivity contribution in [3.63, 3.8) is 0 Å². The zero-order valence-electron chi connectivity index (χ0n) is 10.5. The van der Waals surface area contributed by atoms with Crippen LogP contribution in [0.5, 0.6) is 5.75 Å². The second-order valence-corrected chi connectivity index (χ2v) is 4.28. The first-order valence-corrected chi connectivity index (χ1v) is 5.96. The van der Waals surface area contributed by atoms with Crippen molar-refractivity contribution in [3.05, 3.63) is 29.8 Å². The fourth-order valence-corrected chi connectivity index (χ4v) is 1.96. The van der Waals surface area contributed by atoms with Crippen molar-refractivity contribution < 1.29 is 14.3 Å². The van der Waals surface area contributed by atoms with Crippen LogP contribution in [0.15, 0.2) is 24.3 Å². The number of carbonyl (C=O) groups excluding carboxylic acids is 1. The van der Waals surface area contributed by atoms with Crippen LogP contribution < -0.4 is 10.5 Å². The van der Waals surface area contributed by atoms with Crippen LogP contribution in [0.3, 0.4) is 0 Å². The van der Waals surface area contributed by atoms with Gasteiger partial charge in [-0.25, -0.2) is 0 Å². The first-order chi connectivity index (χ1) is 8.70. The number of rotatable bonds is 4. The minimum Gasteiger partial charge on any atom is -0.497 e. The summed E-state index contributed by atoms with van der Waals surface area (Å²) in [6.45, 7) is 1.85. The van der Waals surface area contributed by atoms with E-state index in [4.69, 9.17) is 15.2 Å². The van der Waals surface area contributed by atoms with Gasteiger partial charge in [0.15, 0.2) is 0 Å². The number of hydrogen-bond donors (Lipinski definition) is 1. The molecule has 0 aromatic heterocycles.